The maximum absolute atomic E-state index is 11.5. The zero-order valence-electron chi connectivity index (χ0n) is 9.64. The molecule has 0 saturated heterocycles. The third-order valence-corrected chi connectivity index (χ3v) is 2.24. The summed E-state index contributed by atoms with van der Waals surface area (Å²) in [7, 11) is 1.53. The zero-order chi connectivity index (χ0) is 12.3. The molecule has 0 saturated carbocycles. The van der Waals surface area contributed by atoms with E-state index in [0.717, 1.165) is 0 Å². The molecule has 0 N–H and O–H groups in total. The van der Waals surface area contributed by atoms with Crippen LogP contribution in [0.15, 0.2) is 24.4 Å². The standard InChI is InChI=1S/C12H12N2O3/c1-3-17-12(15)8-4-5-9-10(6-8)13-7-11(14-9)16-2/h4-7H,3H2,1-2H3. The second kappa shape index (κ2) is 4.78. The van der Waals surface area contributed by atoms with Crippen molar-refractivity contribution < 1.29 is 14.3 Å². The summed E-state index contributed by atoms with van der Waals surface area (Å²) in [5, 5.41) is 0. The van der Waals surface area contributed by atoms with Crippen molar-refractivity contribution in [1.29, 1.82) is 0 Å². The first-order valence-electron chi connectivity index (χ1n) is 5.22. The lowest BCUT2D eigenvalue weighted by Gasteiger charge is -2.03. The fourth-order valence-corrected chi connectivity index (χ4v) is 1.43. The summed E-state index contributed by atoms with van der Waals surface area (Å²) >= 11 is 0. The Morgan fingerprint density at radius 3 is 2.88 bits per heavy atom. The minimum atomic E-state index is -0.355. The number of nitrogens with zero attached hydrogens (tertiary/aromatic N) is 2. The number of ether oxygens (including phenoxy) is 2. The van der Waals surface area contributed by atoms with E-state index in [1.807, 2.05) is 0 Å². The summed E-state index contributed by atoms with van der Waals surface area (Å²) in [6.07, 6.45) is 1.51. The fraction of sp³-hybridized carbons (Fsp3) is 0.250. The second-order valence-corrected chi connectivity index (χ2v) is 3.34. The Morgan fingerprint density at radius 1 is 1.35 bits per heavy atom. The zero-order valence-corrected chi connectivity index (χ0v) is 9.64. The van der Waals surface area contributed by atoms with E-state index in [-0.39, 0.29) is 5.97 Å². The van der Waals surface area contributed by atoms with Gasteiger partial charge >= 0.3 is 5.97 Å². The van der Waals surface area contributed by atoms with Crippen molar-refractivity contribution >= 4 is 17.0 Å². The van der Waals surface area contributed by atoms with Crippen LogP contribution in [-0.4, -0.2) is 29.7 Å². The topological polar surface area (TPSA) is 61.3 Å². The van der Waals surface area contributed by atoms with Crippen LogP contribution in [0.1, 0.15) is 17.3 Å². The number of rotatable bonds is 3. The molecule has 88 valence electrons. The number of methoxy groups -OCH3 is 1. The average molecular weight is 232 g/mol. The normalized spacial score (nSPS) is 10.2. The van der Waals surface area contributed by atoms with E-state index < -0.39 is 0 Å². The van der Waals surface area contributed by atoms with Gasteiger partial charge in [0, 0.05) is 0 Å². The Morgan fingerprint density at radius 2 is 2.18 bits per heavy atom. The van der Waals surface area contributed by atoms with Crippen LogP contribution < -0.4 is 4.74 Å². The van der Waals surface area contributed by atoms with Gasteiger partial charge in [0.25, 0.3) is 0 Å². The molecule has 0 spiro atoms. The van der Waals surface area contributed by atoms with Crippen molar-refractivity contribution in [2.45, 2.75) is 6.92 Å². The second-order valence-electron chi connectivity index (χ2n) is 3.34. The molecule has 1 aromatic carbocycles. The van der Waals surface area contributed by atoms with Gasteiger partial charge in [-0.05, 0) is 25.1 Å². The summed E-state index contributed by atoms with van der Waals surface area (Å²) in [4.78, 5) is 19.9. The minimum Gasteiger partial charge on any atom is -0.480 e. The van der Waals surface area contributed by atoms with Crippen LogP contribution in [0, 0.1) is 0 Å². The monoisotopic (exact) mass is 232 g/mol. The highest BCUT2D eigenvalue weighted by Gasteiger charge is 2.08. The first kappa shape index (κ1) is 11.3. The Bertz CT molecular complexity index is 554. The number of carbonyl (C=O) groups excluding carboxylic acids is 1. The van der Waals surface area contributed by atoms with Crippen LogP contribution >= 0.6 is 0 Å². The molecule has 5 heteroatoms. The SMILES string of the molecule is CCOC(=O)c1ccc2nc(OC)cnc2c1. The molecule has 0 aliphatic heterocycles. The molecule has 0 unspecified atom stereocenters. The van der Waals surface area contributed by atoms with E-state index in [4.69, 9.17) is 9.47 Å². The van der Waals surface area contributed by atoms with E-state index in [9.17, 15) is 4.79 Å². The average Bonchev–Trinajstić information content (AvgIpc) is 2.37. The first-order chi connectivity index (χ1) is 8.24. The minimum absolute atomic E-state index is 0.352. The fourth-order valence-electron chi connectivity index (χ4n) is 1.43. The van der Waals surface area contributed by atoms with Crippen LogP contribution in [0.3, 0.4) is 0 Å². The van der Waals surface area contributed by atoms with Crippen molar-refractivity contribution in [2.24, 2.45) is 0 Å². The molecule has 0 bridgehead atoms. The van der Waals surface area contributed by atoms with E-state index in [1.54, 1.807) is 25.1 Å². The molecule has 0 amide bonds. The van der Waals surface area contributed by atoms with Gasteiger partial charge in [-0.3, -0.25) is 0 Å². The van der Waals surface area contributed by atoms with Gasteiger partial charge in [0.2, 0.25) is 5.88 Å². The third-order valence-electron chi connectivity index (χ3n) is 2.24. The molecule has 17 heavy (non-hydrogen) atoms. The van der Waals surface area contributed by atoms with Gasteiger partial charge in [-0.2, -0.15) is 0 Å². The lowest BCUT2D eigenvalue weighted by atomic mass is 10.2. The Balaban J connectivity index is 2.41. The molecule has 2 aromatic rings. The van der Waals surface area contributed by atoms with Crippen molar-refractivity contribution in [3.05, 3.63) is 30.0 Å². The van der Waals surface area contributed by atoms with Gasteiger partial charge < -0.3 is 9.47 Å². The molecule has 0 fully saturated rings. The summed E-state index contributed by atoms with van der Waals surface area (Å²) in [5.41, 5.74) is 1.78. The van der Waals surface area contributed by atoms with E-state index in [2.05, 4.69) is 9.97 Å². The highest BCUT2D eigenvalue weighted by atomic mass is 16.5. The molecular formula is C12H12N2O3. The summed E-state index contributed by atoms with van der Waals surface area (Å²) < 4.78 is 9.88. The van der Waals surface area contributed by atoms with Gasteiger partial charge in [-0.25, -0.2) is 14.8 Å². The molecule has 5 nitrogen and oxygen atoms in total. The maximum atomic E-state index is 11.5. The van der Waals surface area contributed by atoms with Gasteiger partial charge in [0.05, 0.1) is 36.5 Å². The van der Waals surface area contributed by atoms with Crippen LogP contribution in [0.4, 0.5) is 0 Å². The summed E-state index contributed by atoms with van der Waals surface area (Å²) in [6.45, 7) is 2.12. The number of hydrogen-bond donors (Lipinski definition) is 0. The van der Waals surface area contributed by atoms with E-state index >= 15 is 0 Å². The number of fused-ring (bicyclic) bond motifs is 1. The predicted octanol–water partition coefficient (Wildman–Crippen LogP) is 1.82. The molecule has 0 atom stereocenters. The predicted molar refractivity (Wildman–Crippen MR) is 62.0 cm³/mol. The largest absolute Gasteiger partial charge is 0.480 e. The van der Waals surface area contributed by atoms with Gasteiger partial charge in [-0.15, -0.1) is 0 Å². The van der Waals surface area contributed by atoms with Gasteiger partial charge in [-0.1, -0.05) is 0 Å². The van der Waals surface area contributed by atoms with Crippen LogP contribution in [-0.2, 0) is 4.74 Å². The maximum Gasteiger partial charge on any atom is 0.338 e. The smallest absolute Gasteiger partial charge is 0.338 e. The van der Waals surface area contributed by atoms with Gasteiger partial charge in [0.15, 0.2) is 0 Å². The van der Waals surface area contributed by atoms with Gasteiger partial charge in [0.1, 0.15) is 0 Å². The highest BCUT2D eigenvalue weighted by Crippen LogP contribution is 2.15. The highest BCUT2D eigenvalue weighted by molar-refractivity contribution is 5.93. The van der Waals surface area contributed by atoms with E-state index in [1.165, 1.54) is 13.3 Å². The number of carbonyl (C=O) groups is 1. The lowest BCUT2D eigenvalue weighted by Crippen LogP contribution is -2.04. The third kappa shape index (κ3) is 2.33. The number of aromatic nitrogens is 2. The Hall–Kier alpha value is -2.17. The van der Waals surface area contributed by atoms with Crippen molar-refractivity contribution in [3.63, 3.8) is 0 Å². The summed E-state index contributed by atoms with van der Waals surface area (Å²) in [5.74, 6) is 0.0911. The van der Waals surface area contributed by atoms with Crippen molar-refractivity contribution in [3.8, 4) is 5.88 Å². The lowest BCUT2D eigenvalue weighted by molar-refractivity contribution is 0.0526. The number of benzene rings is 1. The summed E-state index contributed by atoms with van der Waals surface area (Å²) in [6, 6.07) is 5.03. The molecular weight excluding hydrogens is 220 g/mol. The van der Waals surface area contributed by atoms with E-state index in [0.29, 0.717) is 29.1 Å². The molecule has 1 heterocycles. The molecule has 0 aliphatic carbocycles. The first-order valence-corrected chi connectivity index (χ1v) is 5.22. The number of hydrogen-bond acceptors (Lipinski definition) is 5. The van der Waals surface area contributed by atoms with Crippen molar-refractivity contribution in [1.82, 2.24) is 9.97 Å². The van der Waals surface area contributed by atoms with Crippen LogP contribution in [0.25, 0.3) is 11.0 Å². The quantitative estimate of drug-likeness (QED) is 0.755. The van der Waals surface area contributed by atoms with Crippen LogP contribution in [0.2, 0.25) is 0 Å². The molecule has 2 rings (SSSR count). The van der Waals surface area contributed by atoms with Crippen molar-refractivity contribution in [2.75, 3.05) is 13.7 Å². The molecule has 1 aromatic heterocycles. The Kier molecular flexibility index (Phi) is 3.18. The number of esters is 1. The molecule has 0 aliphatic rings. The molecule has 0 radical (unpaired) electrons. The van der Waals surface area contributed by atoms with Crippen LogP contribution in [0.5, 0.6) is 5.88 Å². The Labute approximate surface area is 98.4 Å².